The van der Waals surface area contributed by atoms with Gasteiger partial charge < -0.3 is 23.9 Å². The fourth-order valence-electron chi connectivity index (χ4n) is 2.75. The molecular weight excluding hydrogens is 358 g/mol. The van der Waals surface area contributed by atoms with Gasteiger partial charge in [-0.25, -0.2) is 9.97 Å². The highest BCUT2D eigenvalue weighted by Crippen LogP contribution is 2.30. The molecule has 1 aliphatic rings. The van der Waals surface area contributed by atoms with Crippen LogP contribution in [-0.4, -0.2) is 42.5 Å². The van der Waals surface area contributed by atoms with E-state index in [2.05, 4.69) is 15.3 Å². The van der Waals surface area contributed by atoms with Crippen LogP contribution in [-0.2, 0) is 16.0 Å². The van der Waals surface area contributed by atoms with Gasteiger partial charge in [0.1, 0.15) is 35.6 Å². The lowest BCUT2D eigenvalue weighted by Crippen LogP contribution is -2.33. The topological polar surface area (TPSA) is 78.6 Å². The van der Waals surface area contributed by atoms with Crippen molar-refractivity contribution in [2.24, 2.45) is 0 Å². The Morgan fingerprint density at radius 3 is 2.96 bits per heavy atom. The third-order valence-electron chi connectivity index (χ3n) is 3.98. The summed E-state index contributed by atoms with van der Waals surface area (Å²) >= 11 is 6.12. The van der Waals surface area contributed by atoms with Gasteiger partial charge in [0.25, 0.3) is 0 Å². The Bertz CT molecular complexity index is 866. The number of para-hydroxylation sites is 1. The molecule has 3 heterocycles. The number of furan rings is 1. The van der Waals surface area contributed by atoms with E-state index >= 15 is 0 Å². The minimum Gasteiger partial charge on any atom is -0.488 e. The number of fused-ring (bicyclic) bond motifs is 1. The lowest BCUT2D eigenvalue weighted by Gasteiger charge is -2.23. The van der Waals surface area contributed by atoms with Crippen LogP contribution in [0.5, 0.6) is 5.75 Å². The zero-order chi connectivity index (χ0) is 17.8. The van der Waals surface area contributed by atoms with E-state index in [1.165, 1.54) is 0 Å². The summed E-state index contributed by atoms with van der Waals surface area (Å²) in [5.41, 5.74) is 0.645. The molecule has 1 N–H and O–H groups in total. The van der Waals surface area contributed by atoms with E-state index in [4.69, 9.17) is 30.2 Å². The number of halogens is 1. The molecule has 0 saturated carbocycles. The van der Waals surface area contributed by atoms with Gasteiger partial charge in [-0.3, -0.25) is 0 Å². The largest absolute Gasteiger partial charge is 0.488 e. The first-order chi connectivity index (χ1) is 12.8. The van der Waals surface area contributed by atoms with E-state index in [0.29, 0.717) is 50.1 Å². The first-order valence-electron chi connectivity index (χ1n) is 8.34. The van der Waals surface area contributed by atoms with Crippen LogP contribution in [0.4, 0.5) is 5.82 Å². The first-order valence-corrected chi connectivity index (χ1v) is 8.72. The molecule has 0 aliphatic carbocycles. The minimum absolute atomic E-state index is 0.0899. The highest BCUT2D eigenvalue weighted by molar-refractivity contribution is 6.29. The maximum Gasteiger partial charge on any atom is 0.225 e. The van der Waals surface area contributed by atoms with Crippen molar-refractivity contribution >= 4 is 28.3 Å². The van der Waals surface area contributed by atoms with E-state index < -0.39 is 0 Å². The third-order valence-corrected chi connectivity index (χ3v) is 4.15. The number of ether oxygens (including phenoxy) is 3. The number of anilines is 1. The summed E-state index contributed by atoms with van der Waals surface area (Å²) in [5, 5.41) is 4.20. The highest BCUT2D eigenvalue weighted by atomic mass is 35.5. The van der Waals surface area contributed by atoms with Crippen LogP contribution in [0.1, 0.15) is 5.76 Å². The number of benzene rings is 1. The second-order valence-corrected chi connectivity index (χ2v) is 6.14. The van der Waals surface area contributed by atoms with Gasteiger partial charge >= 0.3 is 0 Å². The van der Waals surface area contributed by atoms with Crippen molar-refractivity contribution in [3.05, 3.63) is 47.6 Å². The van der Waals surface area contributed by atoms with Crippen molar-refractivity contribution < 1.29 is 18.6 Å². The maximum absolute atomic E-state index is 6.12. The van der Waals surface area contributed by atoms with Crippen molar-refractivity contribution in [2.75, 3.05) is 31.7 Å². The van der Waals surface area contributed by atoms with E-state index in [1.54, 1.807) is 6.26 Å². The van der Waals surface area contributed by atoms with Crippen LogP contribution in [0, 0.1) is 0 Å². The number of hydrogen-bond donors (Lipinski definition) is 1. The van der Waals surface area contributed by atoms with Gasteiger partial charge in [-0.2, -0.15) is 0 Å². The van der Waals surface area contributed by atoms with Crippen LogP contribution in [0.2, 0.25) is 5.28 Å². The SMILES string of the molecule is Clc1nc(NCc2ccco2)c2cccc(OC[C@H]3COCCO3)c2n1. The summed E-state index contributed by atoms with van der Waals surface area (Å²) < 4.78 is 22.3. The van der Waals surface area contributed by atoms with Crippen molar-refractivity contribution in [2.45, 2.75) is 12.6 Å². The standard InChI is InChI=1S/C18H18ClN3O4/c19-18-21-16-14(17(22-18)20-9-12-3-2-6-24-12)4-1-5-15(16)26-11-13-10-23-7-8-25-13/h1-6,13H,7-11H2,(H,20,21,22)/t13-/m1/s1. The highest BCUT2D eigenvalue weighted by Gasteiger charge is 2.17. The number of aromatic nitrogens is 2. The Labute approximate surface area is 155 Å². The molecule has 1 atom stereocenters. The van der Waals surface area contributed by atoms with Gasteiger partial charge in [0.2, 0.25) is 5.28 Å². The lowest BCUT2D eigenvalue weighted by atomic mass is 10.2. The normalized spacial score (nSPS) is 17.3. The number of rotatable bonds is 6. The van der Waals surface area contributed by atoms with Gasteiger partial charge in [-0.1, -0.05) is 6.07 Å². The summed E-state index contributed by atoms with van der Waals surface area (Å²) in [4.78, 5) is 8.63. The van der Waals surface area contributed by atoms with Crippen molar-refractivity contribution in [1.29, 1.82) is 0 Å². The van der Waals surface area contributed by atoms with Gasteiger partial charge in [-0.05, 0) is 35.9 Å². The molecule has 1 aromatic carbocycles. The van der Waals surface area contributed by atoms with E-state index in [1.807, 2.05) is 30.3 Å². The molecule has 3 aromatic rings. The molecule has 1 fully saturated rings. The Hall–Kier alpha value is -2.35. The van der Waals surface area contributed by atoms with Crippen molar-refractivity contribution in [3.63, 3.8) is 0 Å². The van der Waals surface area contributed by atoms with Crippen LogP contribution in [0.3, 0.4) is 0 Å². The summed E-state index contributed by atoms with van der Waals surface area (Å²) in [6.45, 7) is 2.61. The molecule has 0 radical (unpaired) electrons. The van der Waals surface area contributed by atoms with Gasteiger partial charge in [0.15, 0.2) is 0 Å². The fraction of sp³-hybridized carbons (Fsp3) is 0.333. The number of nitrogens with zero attached hydrogens (tertiary/aromatic N) is 2. The van der Waals surface area contributed by atoms with Crippen LogP contribution in [0.25, 0.3) is 10.9 Å². The molecule has 1 aliphatic heterocycles. The molecule has 4 rings (SSSR count). The van der Waals surface area contributed by atoms with E-state index in [-0.39, 0.29) is 11.4 Å². The van der Waals surface area contributed by atoms with E-state index in [0.717, 1.165) is 11.1 Å². The molecule has 7 nitrogen and oxygen atoms in total. The van der Waals surface area contributed by atoms with Crippen LogP contribution in [0.15, 0.2) is 41.0 Å². The summed E-state index contributed by atoms with van der Waals surface area (Å²) in [7, 11) is 0. The molecule has 1 saturated heterocycles. The van der Waals surface area contributed by atoms with Gasteiger partial charge in [-0.15, -0.1) is 0 Å². The predicted molar refractivity (Wildman–Crippen MR) is 96.6 cm³/mol. The molecule has 0 spiro atoms. The molecule has 136 valence electrons. The number of hydrogen-bond acceptors (Lipinski definition) is 7. The predicted octanol–water partition coefficient (Wildman–Crippen LogP) is 3.28. The van der Waals surface area contributed by atoms with Gasteiger partial charge in [0, 0.05) is 5.39 Å². The second-order valence-electron chi connectivity index (χ2n) is 5.81. The second kappa shape index (κ2) is 7.90. The Balaban J connectivity index is 1.56. The first kappa shape index (κ1) is 17.1. The summed E-state index contributed by atoms with van der Waals surface area (Å²) in [5.74, 6) is 2.05. The molecule has 2 aromatic heterocycles. The monoisotopic (exact) mass is 375 g/mol. The molecule has 8 heteroatoms. The summed E-state index contributed by atoms with van der Waals surface area (Å²) in [6, 6.07) is 9.39. The molecule has 0 amide bonds. The lowest BCUT2D eigenvalue weighted by molar-refractivity contribution is -0.101. The van der Waals surface area contributed by atoms with Crippen molar-refractivity contribution in [3.8, 4) is 5.75 Å². The number of nitrogens with one attached hydrogen (secondary N) is 1. The van der Waals surface area contributed by atoms with Gasteiger partial charge in [0.05, 0.1) is 32.6 Å². The third kappa shape index (κ3) is 3.90. The zero-order valence-electron chi connectivity index (χ0n) is 14.0. The Morgan fingerprint density at radius 1 is 1.19 bits per heavy atom. The average molecular weight is 376 g/mol. The summed E-state index contributed by atoms with van der Waals surface area (Å²) in [6.07, 6.45) is 1.54. The van der Waals surface area contributed by atoms with Crippen LogP contribution < -0.4 is 10.1 Å². The van der Waals surface area contributed by atoms with Crippen LogP contribution >= 0.6 is 11.6 Å². The molecule has 0 bridgehead atoms. The fourth-order valence-corrected chi connectivity index (χ4v) is 2.92. The van der Waals surface area contributed by atoms with Crippen molar-refractivity contribution in [1.82, 2.24) is 9.97 Å². The quantitative estimate of drug-likeness (QED) is 0.662. The maximum atomic E-state index is 6.12. The zero-order valence-corrected chi connectivity index (χ0v) is 14.7. The Kier molecular flexibility index (Phi) is 5.19. The molecule has 26 heavy (non-hydrogen) atoms. The average Bonchev–Trinajstić information content (AvgIpc) is 3.19. The Morgan fingerprint density at radius 2 is 2.15 bits per heavy atom. The minimum atomic E-state index is -0.0899. The smallest absolute Gasteiger partial charge is 0.225 e. The molecular formula is C18H18ClN3O4. The van der Waals surface area contributed by atoms with E-state index in [9.17, 15) is 0 Å². The molecule has 0 unspecified atom stereocenters.